The molecular weight excluding hydrogens is 465 g/mol. The van der Waals surface area contributed by atoms with Crippen LogP contribution in [0.5, 0.6) is 0 Å². The van der Waals surface area contributed by atoms with Crippen molar-refractivity contribution in [3.05, 3.63) is 81.8 Å². The molecule has 0 amide bonds. The van der Waals surface area contributed by atoms with Crippen molar-refractivity contribution >= 4 is 27.5 Å². The molecule has 0 aliphatic carbocycles. The van der Waals surface area contributed by atoms with E-state index in [2.05, 4.69) is 69.0 Å². The van der Waals surface area contributed by atoms with Crippen molar-refractivity contribution in [3.8, 4) is 33.9 Å². The van der Waals surface area contributed by atoms with Crippen LogP contribution in [0.3, 0.4) is 0 Å². The summed E-state index contributed by atoms with van der Waals surface area (Å²) < 4.78 is 14.8. The summed E-state index contributed by atoms with van der Waals surface area (Å²) in [5.41, 5.74) is 5.09. The molecule has 0 aliphatic heterocycles. The molecule has 2 heterocycles. The summed E-state index contributed by atoms with van der Waals surface area (Å²) in [4.78, 5) is 12.2. The second-order valence-corrected chi connectivity index (χ2v) is 8.73. The Balaban J connectivity index is 1.61. The molecule has 2 aromatic carbocycles. The average Bonchev–Trinajstić information content (AvgIpc) is 3.09. The number of rotatable bonds is 5. The molecule has 6 heteroatoms. The Morgan fingerprint density at radius 3 is 2.40 bits per heavy atom. The van der Waals surface area contributed by atoms with Crippen LogP contribution in [0.4, 0.5) is 4.39 Å². The molecule has 0 radical (unpaired) electrons. The summed E-state index contributed by atoms with van der Waals surface area (Å²) in [7, 11) is 0. The highest BCUT2D eigenvalue weighted by molar-refractivity contribution is 9.10. The maximum atomic E-state index is 14.2. The zero-order chi connectivity index (χ0) is 21.3. The largest absolute Gasteiger partial charge is 0.337 e. The van der Waals surface area contributed by atoms with Gasteiger partial charge in [-0.05, 0) is 58.1 Å². The summed E-state index contributed by atoms with van der Waals surface area (Å²) in [6.45, 7) is 4.43. The number of nitrogens with one attached hydrogen (secondary N) is 1. The number of H-pyrrole nitrogens is 1. The minimum atomic E-state index is -0.426. The van der Waals surface area contributed by atoms with E-state index in [1.54, 1.807) is 18.3 Å². The van der Waals surface area contributed by atoms with Gasteiger partial charge in [-0.1, -0.05) is 55.8 Å². The Morgan fingerprint density at radius 1 is 1.03 bits per heavy atom. The minimum absolute atomic E-state index is 0.247. The first-order chi connectivity index (χ1) is 14.4. The molecule has 3 nitrogen and oxygen atoms in total. The zero-order valence-electron chi connectivity index (χ0n) is 16.6. The quantitative estimate of drug-likeness (QED) is 0.317. The van der Waals surface area contributed by atoms with Crippen LogP contribution in [-0.4, -0.2) is 15.0 Å². The predicted octanol–water partition coefficient (Wildman–Crippen LogP) is 7.56. The van der Waals surface area contributed by atoms with Crippen LogP contribution >= 0.6 is 27.5 Å². The lowest BCUT2D eigenvalue weighted by atomic mass is 10.0. The Morgan fingerprint density at radius 2 is 1.77 bits per heavy atom. The predicted molar refractivity (Wildman–Crippen MR) is 124 cm³/mol. The molecule has 152 valence electrons. The van der Waals surface area contributed by atoms with Gasteiger partial charge in [0.05, 0.1) is 22.0 Å². The topological polar surface area (TPSA) is 41.6 Å². The van der Waals surface area contributed by atoms with Crippen molar-refractivity contribution in [2.45, 2.75) is 20.3 Å². The highest BCUT2D eigenvalue weighted by Crippen LogP contribution is 2.34. The number of hydrogen-bond donors (Lipinski definition) is 1. The van der Waals surface area contributed by atoms with Gasteiger partial charge >= 0.3 is 0 Å². The lowest BCUT2D eigenvalue weighted by molar-refractivity contribution is 0.630. The first-order valence-electron chi connectivity index (χ1n) is 9.68. The van der Waals surface area contributed by atoms with E-state index >= 15 is 0 Å². The van der Waals surface area contributed by atoms with Crippen molar-refractivity contribution in [1.29, 1.82) is 0 Å². The van der Waals surface area contributed by atoms with Crippen LogP contribution < -0.4 is 0 Å². The highest BCUT2D eigenvalue weighted by atomic mass is 79.9. The first kappa shape index (κ1) is 20.8. The van der Waals surface area contributed by atoms with Crippen molar-refractivity contribution in [1.82, 2.24) is 15.0 Å². The van der Waals surface area contributed by atoms with Crippen LogP contribution in [0.15, 0.2) is 65.4 Å². The second-order valence-electron chi connectivity index (χ2n) is 7.57. The highest BCUT2D eigenvalue weighted by Gasteiger charge is 2.17. The number of aromatic amines is 1. The van der Waals surface area contributed by atoms with Crippen molar-refractivity contribution in [2.75, 3.05) is 0 Å². The standard InChI is InChI=1S/C24H20BrClFN3/c1-14(2)12-15-6-8-16(9-7-15)20-11-10-17(13-28-20)22-23(25)30-24(29-22)21-18(26)4-3-5-19(21)27/h3-11,13-14H,12H2,1-2H3,(H,29,30). The van der Waals surface area contributed by atoms with Crippen molar-refractivity contribution < 1.29 is 4.39 Å². The fourth-order valence-electron chi connectivity index (χ4n) is 3.38. The number of imidazole rings is 1. The van der Waals surface area contributed by atoms with Gasteiger partial charge in [-0.25, -0.2) is 9.37 Å². The molecule has 0 atom stereocenters. The third-order valence-corrected chi connectivity index (χ3v) is 5.69. The normalized spacial score (nSPS) is 11.3. The average molecular weight is 485 g/mol. The SMILES string of the molecule is CC(C)Cc1ccc(-c2ccc(-c3[nH]c(-c4c(F)cccc4Cl)nc3Br)cn2)cc1. The van der Waals surface area contributed by atoms with E-state index in [9.17, 15) is 4.39 Å². The van der Waals surface area contributed by atoms with Gasteiger partial charge in [0.2, 0.25) is 0 Å². The first-order valence-corrected chi connectivity index (χ1v) is 10.8. The van der Waals surface area contributed by atoms with E-state index in [-0.39, 0.29) is 5.56 Å². The molecule has 4 rings (SSSR count). The summed E-state index contributed by atoms with van der Waals surface area (Å²) in [5, 5.41) is 0.303. The summed E-state index contributed by atoms with van der Waals surface area (Å²) in [6, 6.07) is 17.0. The van der Waals surface area contributed by atoms with E-state index in [4.69, 9.17) is 11.6 Å². The number of aromatic nitrogens is 3. The van der Waals surface area contributed by atoms with Gasteiger partial charge in [0, 0.05) is 17.3 Å². The number of nitrogens with zero attached hydrogens (tertiary/aromatic N) is 2. The molecule has 0 fully saturated rings. The second kappa shape index (κ2) is 8.70. The monoisotopic (exact) mass is 483 g/mol. The Labute approximate surface area is 188 Å². The van der Waals surface area contributed by atoms with Crippen LogP contribution in [0.25, 0.3) is 33.9 Å². The minimum Gasteiger partial charge on any atom is -0.337 e. The lowest BCUT2D eigenvalue weighted by Gasteiger charge is -2.07. The molecule has 0 unspecified atom stereocenters. The van der Waals surface area contributed by atoms with Gasteiger partial charge in [0.1, 0.15) is 16.2 Å². The Bertz CT molecular complexity index is 1150. The molecule has 0 spiro atoms. The molecule has 2 aromatic heterocycles. The van der Waals surface area contributed by atoms with Gasteiger partial charge in [0.25, 0.3) is 0 Å². The van der Waals surface area contributed by atoms with Gasteiger partial charge in [-0.3, -0.25) is 4.98 Å². The number of pyridine rings is 1. The lowest BCUT2D eigenvalue weighted by Crippen LogP contribution is -1.93. The van der Waals surface area contributed by atoms with Crippen molar-refractivity contribution in [2.24, 2.45) is 5.92 Å². The third-order valence-electron chi connectivity index (χ3n) is 4.81. The number of benzene rings is 2. The number of hydrogen-bond acceptors (Lipinski definition) is 2. The smallest absolute Gasteiger partial charge is 0.143 e. The fourth-order valence-corrected chi connectivity index (χ4v) is 4.14. The summed E-state index contributed by atoms with van der Waals surface area (Å²) in [5.74, 6) is 0.569. The molecule has 0 saturated heterocycles. The van der Waals surface area contributed by atoms with Gasteiger partial charge in [-0.2, -0.15) is 0 Å². The maximum absolute atomic E-state index is 14.2. The van der Waals surface area contributed by atoms with Gasteiger partial charge in [0.15, 0.2) is 0 Å². The molecule has 0 bridgehead atoms. The van der Waals surface area contributed by atoms with E-state index in [1.165, 1.54) is 11.6 Å². The van der Waals surface area contributed by atoms with Crippen molar-refractivity contribution in [3.63, 3.8) is 0 Å². The Hall–Kier alpha value is -2.50. The fraction of sp³-hybridized carbons (Fsp3) is 0.167. The number of halogens is 3. The molecule has 0 saturated carbocycles. The molecule has 0 aliphatic rings. The van der Waals surface area contributed by atoms with E-state index in [1.807, 2.05) is 12.1 Å². The third kappa shape index (κ3) is 4.32. The molecule has 30 heavy (non-hydrogen) atoms. The Kier molecular flexibility index (Phi) is 6.02. The molecular formula is C24H20BrClFN3. The summed E-state index contributed by atoms with van der Waals surface area (Å²) >= 11 is 9.63. The van der Waals surface area contributed by atoms with Gasteiger partial charge < -0.3 is 4.98 Å². The van der Waals surface area contributed by atoms with Crippen LogP contribution in [0.2, 0.25) is 5.02 Å². The van der Waals surface area contributed by atoms with Crippen LogP contribution in [-0.2, 0) is 6.42 Å². The molecule has 1 N–H and O–H groups in total. The van der Waals surface area contributed by atoms with E-state index in [0.717, 1.165) is 28.9 Å². The van der Waals surface area contributed by atoms with Crippen LogP contribution in [0.1, 0.15) is 19.4 Å². The maximum Gasteiger partial charge on any atom is 0.143 e. The van der Waals surface area contributed by atoms with Crippen LogP contribution in [0, 0.1) is 11.7 Å². The van der Waals surface area contributed by atoms with E-state index in [0.29, 0.717) is 21.4 Å². The summed E-state index contributed by atoms with van der Waals surface area (Å²) in [6.07, 6.45) is 2.84. The van der Waals surface area contributed by atoms with Gasteiger partial charge in [-0.15, -0.1) is 0 Å². The molecule has 4 aromatic rings. The van der Waals surface area contributed by atoms with E-state index < -0.39 is 5.82 Å². The zero-order valence-corrected chi connectivity index (χ0v) is 18.9.